The van der Waals surface area contributed by atoms with Gasteiger partial charge >= 0.3 is 0 Å². The predicted molar refractivity (Wildman–Crippen MR) is 67.4 cm³/mol. The molecule has 1 fully saturated rings. The van der Waals surface area contributed by atoms with Gasteiger partial charge in [0.15, 0.2) is 11.5 Å². The van der Waals surface area contributed by atoms with Crippen LogP contribution in [0.1, 0.15) is 53.5 Å². The molecule has 3 nitrogen and oxygen atoms in total. The Bertz CT molecular complexity index is 521. The molecule has 0 saturated carbocycles. The number of hydrogen-bond acceptors (Lipinski definition) is 3. The third-order valence-electron chi connectivity index (χ3n) is 4.78. The zero-order valence-electron chi connectivity index (χ0n) is 10.7. The second-order valence-electron chi connectivity index (χ2n) is 5.56. The van der Waals surface area contributed by atoms with Crippen molar-refractivity contribution >= 4 is 0 Å². The van der Waals surface area contributed by atoms with Crippen LogP contribution in [0.3, 0.4) is 0 Å². The van der Waals surface area contributed by atoms with Gasteiger partial charge in [0.1, 0.15) is 0 Å². The SMILES string of the molecule is COc1c(O)c2c(c3c1C1OCCC31)CCCC2. The normalized spacial score (nSPS) is 28.1. The Morgan fingerprint density at radius 3 is 2.72 bits per heavy atom. The molecule has 0 bridgehead atoms. The van der Waals surface area contributed by atoms with Gasteiger partial charge in [-0.2, -0.15) is 0 Å². The van der Waals surface area contributed by atoms with Crippen molar-refractivity contribution < 1.29 is 14.6 Å². The molecule has 0 spiro atoms. The molecular weight excluding hydrogens is 228 g/mol. The van der Waals surface area contributed by atoms with Gasteiger partial charge in [-0.3, -0.25) is 0 Å². The number of benzene rings is 1. The van der Waals surface area contributed by atoms with Gasteiger partial charge in [0.05, 0.1) is 13.2 Å². The molecule has 1 heterocycles. The molecule has 1 aromatic rings. The second kappa shape index (κ2) is 3.64. The van der Waals surface area contributed by atoms with Crippen molar-refractivity contribution in [2.24, 2.45) is 0 Å². The molecule has 1 saturated heterocycles. The third-order valence-corrected chi connectivity index (χ3v) is 4.78. The molecular formula is C15H18O3. The zero-order valence-corrected chi connectivity index (χ0v) is 10.7. The van der Waals surface area contributed by atoms with E-state index in [2.05, 4.69) is 0 Å². The smallest absolute Gasteiger partial charge is 0.166 e. The van der Waals surface area contributed by atoms with Crippen LogP contribution in [-0.2, 0) is 17.6 Å². The molecule has 1 aliphatic heterocycles. The maximum atomic E-state index is 10.4. The van der Waals surface area contributed by atoms with Gasteiger partial charge in [-0.25, -0.2) is 0 Å². The van der Waals surface area contributed by atoms with E-state index in [0.717, 1.165) is 37.0 Å². The van der Waals surface area contributed by atoms with E-state index in [-0.39, 0.29) is 6.10 Å². The quantitative estimate of drug-likeness (QED) is 0.828. The highest BCUT2D eigenvalue weighted by atomic mass is 16.5. The summed E-state index contributed by atoms with van der Waals surface area (Å²) in [5.41, 5.74) is 5.13. The minimum atomic E-state index is 0.174. The Balaban J connectivity index is 1.98. The molecule has 2 aliphatic carbocycles. The number of phenolic OH excluding ortho intramolecular Hbond substituents is 1. The molecule has 1 aromatic carbocycles. The lowest BCUT2D eigenvalue weighted by Gasteiger charge is -2.39. The van der Waals surface area contributed by atoms with Crippen LogP contribution in [0, 0.1) is 0 Å². The average molecular weight is 246 g/mol. The van der Waals surface area contributed by atoms with Crippen LogP contribution in [0.15, 0.2) is 0 Å². The van der Waals surface area contributed by atoms with Crippen molar-refractivity contribution in [2.45, 2.75) is 44.1 Å². The molecule has 4 rings (SSSR count). The molecule has 0 radical (unpaired) electrons. The van der Waals surface area contributed by atoms with Gasteiger partial charge in [-0.15, -0.1) is 0 Å². The fraction of sp³-hybridized carbons (Fsp3) is 0.600. The topological polar surface area (TPSA) is 38.7 Å². The third kappa shape index (κ3) is 1.13. The number of phenols is 1. The Kier molecular flexibility index (Phi) is 2.16. The predicted octanol–water partition coefficient (Wildman–Crippen LogP) is 2.84. The van der Waals surface area contributed by atoms with Crippen LogP contribution in [0.2, 0.25) is 0 Å². The summed E-state index contributed by atoms with van der Waals surface area (Å²) in [6.07, 6.45) is 5.81. The summed E-state index contributed by atoms with van der Waals surface area (Å²) >= 11 is 0. The average Bonchev–Trinajstić information content (AvgIpc) is 2.79. The van der Waals surface area contributed by atoms with Gasteiger partial charge in [-0.1, -0.05) is 0 Å². The summed E-state index contributed by atoms with van der Waals surface area (Å²) in [4.78, 5) is 0. The molecule has 1 N–H and O–H groups in total. The largest absolute Gasteiger partial charge is 0.504 e. The summed E-state index contributed by atoms with van der Waals surface area (Å²) in [6.45, 7) is 0.836. The maximum absolute atomic E-state index is 10.4. The van der Waals surface area contributed by atoms with Crippen molar-refractivity contribution in [3.05, 3.63) is 22.3 Å². The first kappa shape index (κ1) is 10.7. The zero-order chi connectivity index (χ0) is 12.3. The number of fused-ring (bicyclic) bond motifs is 6. The highest BCUT2D eigenvalue weighted by molar-refractivity contribution is 5.66. The summed E-state index contributed by atoms with van der Waals surface area (Å²) in [5, 5.41) is 10.4. The first-order chi connectivity index (χ1) is 8.83. The van der Waals surface area contributed by atoms with Gasteiger partial charge in [0.2, 0.25) is 0 Å². The van der Waals surface area contributed by atoms with Gasteiger partial charge in [-0.05, 0) is 43.2 Å². The number of aromatic hydroxyl groups is 1. The van der Waals surface area contributed by atoms with E-state index in [1.54, 1.807) is 7.11 Å². The summed E-state index contributed by atoms with van der Waals surface area (Å²) in [5.74, 6) is 1.61. The van der Waals surface area contributed by atoms with Crippen molar-refractivity contribution in [3.8, 4) is 11.5 Å². The molecule has 3 aliphatic rings. The molecule has 96 valence electrons. The van der Waals surface area contributed by atoms with E-state index < -0.39 is 0 Å². The fourth-order valence-electron chi connectivity index (χ4n) is 4.00. The number of rotatable bonds is 1. The van der Waals surface area contributed by atoms with E-state index >= 15 is 0 Å². The minimum Gasteiger partial charge on any atom is -0.504 e. The Labute approximate surface area is 107 Å². The standard InChI is InChI=1S/C15H18O3/c1-17-15-12-11(10-6-7-18-14(10)12)8-4-2-3-5-9(8)13(15)16/h10,14,16H,2-7H2,1H3. The lowest BCUT2D eigenvalue weighted by molar-refractivity contribution is 0.0843. The van der Waals surface area contributed by atoms with Gasteiger partial charge in [0.25, 0.3) is 0 Å². The lowest BCUT2D eigenvalue weighted by Crippen LogP contribution is -2.26. The van der Waals surface area contributed by atoms with Crippen LogP contribution in [0.25, 0.3) is 0 Å². The second-order valence-corrected chi connectivity index (χ2v) is 5.56. The van der Waals surface area contributed by atoms with Crippen LogP contribution >= 0.6 is 0 Å². The molecule has 18 heavy (non-hydrogen) atoms. The molecule has 0 amide bonds. The van der Waals surface area contributed by atoms with Crippen molar-refractivity contribution in [2.75, 3.05) is 13.7 Å². The highest BCUT2D eigenvalue weighted by Gasteiger charge is 2.48. The Morgan fingerprint density at radius 2 is 1.94 bits per heavy atom. The number of hydrogen-bond donors (Lipinski definition) is 1. The minimum absolute atomic E-state index is 0.174. The molecule has 0 aromatic heterocycles. The number of ether oxygens (including phenoxy) is 2. The molecule has 3 heteroatoms. The summed E-state index contributed by atoms with van der Waals surface area (Å²) < 4.78 is 11.2. The van der Waals surface area contributed by atoms with Gasteiger partial charge in [0, 0.05) is 23.7 Å². The van der Waals surface area contributed by atoms with Crippen LogP contribution < -0.4 is 4.74 Å². The van der Waals surface area contributed by atoms with Crippen molar-refractivity contribution in [1.29, 1.82) is 0 Å². The van der Waals surface area contributed by atoms with Gasteiger partial charge < -0.3 is 14.6 Å². The van der Waals surface area contributed by atoms with E-state index in [1.807, 2.05) is 0 Å². The van der Waals surface area contributed by atoms with E-state index in [0.29, 0.717) is 17.4 Å². The summed E-state index contributed by atoms with van der Waals surface area (Å²) in [6, 6.07) is 0. The maximum Gasteiger partial charge on any atom is 0.166 e. The van der Waals surface area contributed by atoms with Crippen molar-refractivity contribution in [3.63, 3.8) is 0 Å². The van der Waals surface area contributed by atoms with Crippen LogP contribution in [0.4, 0.5) is 0 Å². The van der Waals surface area contributed by atoms with Crippen LogP contribution in [-0.4, -0.2) is 18.8 Å². The monoisotopic (exact) mass is 246 g/mol. The summed E-state index contributed by atoms with van der Waals surface area (Å²) in [7, 11) is 1.65. The Morgan fingerprint density at radius 1 is 1.17 bits per heavy atom. The van der Waals surface area contributed by atoms with E-state index in [4.69, 9.17) is 9.47 Å². The van der Waals surface area contributed by atoms with E-state index in [9.17, 15) is 5.11 Å². The fourth-order valence-corrected chi connectivity index (χ4v) is 4.00. The highest BCUT2D eigenvalue weighted by Crippen LogP contribution is 2.61. The molecule has 2 unspecified atom stereocenters. The first-order valence-corrected chi connectivity index (χ1v) is 6.89. The first-order valence-electron chi connectivity index (χ1n) is 6.89. The van der Waals surface area contributed by atoms with E-state index in [1.165, 1.54) is 24.0 Å². The lowest BCUT2D eigenvalue weighted by atomic mass is 9.68. The molecule has 2 atom stereocenters. The van der Waals surface area contributed by atoms with Crippen molar-refractivity contribution in [1.82, 2.24) is 0 Å². The number of methoxy groups -OCH3 is 1. The van der Waals surface area contributed by atoms with Crippen LogP contribution in [0.5, 0.6) is 11.5 Å². The Hall–Kier alpha value is -1.22.